The van der Waals surface area contributed by atoms with Crippen LogP contribution in [-0.2, 0) is 0 Å². The molecule has 0 radical (unpaired) electrons. The molecule has 0 bridgehead atoms. The average Bonchev–Trinajstić information content (AvgIpc) is 0.801. The molecule has 0 fully saturated rings. The van der Waals surface area contributed by atoms with Crippen molar-refractivity contribution in [2.45, 2.75) is 13.8 Å². The minimum atomic E-state index is 0.000353. The average molecular weight is 1150 g/mol. The van der Waals surface area contributed by atoms with Crippen LogP contribution in [0.1, 0.15) is 11.1 Å². The minimum Gasteiger partial charge on any atom is -0.311 e. The molecule has 422 valence electrons. The van der Waals surface area contributed by atoms with Gasteiger partial charge in [-0.05, 0) is 166 Å². The molecule has 6 nitrogen and oxygen atoms in total. The Morgan fingerprint density at radius 1 is 0.267 bits per heavy atom. The van der Waals surface area contributed by atoms with Crippen LogP contribution in [0.3, 0.4) is 0 Å². The zero-order chi connectivity index (χ0) is 59.8. The largest absolute Gasteiger partial charge is 0.311 e. The number of hydrogen-bond donors (Lipinski definition) is 0. The highest BCUT2D eigenvalue weighted by atomic mass is 15.2. The van der Waals surface area contributed by atoms with Crippen molar-refractivity contribution in [1.82, 2.24) is 19.5 Å². The second-order valence-electron chi connectivity index (χ2n) is 23.7. The van der Waals surface area contributed by atoms with Crippen molar-refractivity contribution < 1.29 is 0 Å². The molecule has 15 aromatic rings. The summed E-state index contributed by atoms with van der Waals surface area (Å²) in [6.07, 6.45) is 0. The van der Waals surface area contributed by atoms with Gasteiger partial charge < -0.3 is 14.4 Å². The van der Waals surface area contributed by atoms with E-state index in [0.717, 1.165) is 78.4 Å². The Balaban J connectivity index is 0.918. The number of fused-ring (bicyclic) bond motifs is 7. The SMILES string of the molecule is Cc1ccc(-c2ccc3c(c2)c2cc(-c4ccc(C)cc4)ccc2n3-c2ccc(-c3nc(-c4ccccc4)nc(-c4ccccc4)n3)cc2-c2cccc(-c3cc4c5c(c3)N(c3ccccc3)c3ccccc3B5c3ccccc3N4c3ccccc3)c2)cc1. The van der Waals surface area contributed by atoms with Crippen LogP contribution in [-0.4, -0.2) is 26.2 Å². The van der Waals surface area contributed by atoms with Gasteiger partial charge in [0.15, 0.2) is 17.5 Å². The number of anilines is 6. The number of nitrogens with zero attached hydrogens (tertiary/aromatic N) is 6. The highest BCUT2D eigenvalue weighted by Crippen LogP contribution is 2.48. The van der Waals surface area contributed by atoms with Crippen LogP contribution in [0.15, 0.2) is 309 Å². The Morgan fingerprint density at radius 3 is 1.17 bits per heavy atom. The fourth-order valence-electron chi connectivity index (χ4n) is 13.8. The first kappa shape index (κ1) is 52.6. The molecular formula is C83H57BN6. The van der Waals surface area contributed by atoms with Crippen LogP contribution in [0.5, 0.6) is 0 Å². The summed E-state index contributed by atoms with van der Waals surface area (Å²) in [7, 11) is 0. The lowest BCUT2D eigenvalue weighted by Crippen LogP contribution is -2.61. The van der Waals surface area contributed by atoms with E-state index in [-0.39, 0.29) is 6.71 Å². The van der Waals surface area contributed by atoms with Crippen LogP contribution in [0.25, 0.3) is 106 Å². The maximum Gasteiger partial charge on any atom is 0.252 e. The third kappa shape index (κ3) is 9.01. The molecule has 4 heterocycles. The molecule has 0 spiro atoms. The second-order valence-corrected chi connectivity index (χ2v) is 23.7. The van der Waals surface area contributed by atoms with Crippen LogP contribution in [0.2, 0.25) is 0 Å². The molecule has 0 amide bonds. The van der Waals surface area contributed by atoms with E-state index < -0.39 is 0 Å². The van der Waals surface area contributed by atoms with E-state index >= 15 is 0 Å². The predicted molar refractivity (Wildman–Crippen MR) is 376 cm³/mol. The fourth-order valence-corrected chi connectivity index (χ4v) is 13.8. The number of aromatic nitrogens is 4. The van der Waals surface area contributed by atoms with Gasteiger partial charge in [0.25, 0.3) is 6.71 Å². The second kappa shape index (κ2) is 21.6. The van der Waals surface area contributed by atoms with Gasteiger partial charge >= 0.3 is 0 Å². The number of hydrogen-bond acceptors (Lipinski definition) is 5. The van der Waals surface area contributed by atoms with Gasteiger partial charge in [0, 0.05) is 67.2 Å². The third-order valence-electron chi connectivity index (χ3n) is 18.1. The third-order valence-corrected chi connectivity index (χ3v) is 18.1. The molecular weight excluding hydrogens is 1090 g/mol. The minimum absolute atomic E-state index is 0.000353. The van der Waals surface area contributed by atoms with E-state index in [4.69, 9.17) is 15.0 Å². The zero-order valence-corrected chi connectivity index (χ0v) is 49.7. The van der Waals surface area contributed by atoms with Crippen molar-refractivity contribution in [2.24, 2.45) is 0 Å². The first-order valence-electron chi connectivity index (χ1n) is 30.9. The van der Waals surface area contributed by atoms with E-state index in [9.17, 15) is 0 Å². The summed E-state index contributed by atoms with van der Waals surface area (Å²) in [5.74, 6) is 1.81. The summed E-state index contributed by atoms with van der Waals surface area (Å²) in [5, 5.41) is 2.35. The molecule has 2 aliphatic heterocycles. The van der Waals surface area contributed by atoms with E-state index in [2.05, 4.69) is 301 Å². The van der Waals surface area contributed by atoms with Gasteiger partial charge in [0.05, 0.1) is 16.7 Å². The van der Waals surface area contributed by atoms with Crippen LogP contribution in [0.4, 0.5) is 34.1 Å². The van der Waals surface area contributed by atoms with Crippen molar-refractivity contribution in [2.75, 3.05) is 9.80 Å². The van der Waals surface area contributed by atoms with E-state index in [1.165, 1.54) is 71.9 Å². The molecule has 90 heavy (non-hydrogen) atoms. The molecule has 2 aliphatic rings. The lowest BCUT2D eigenvalue weighted by atomic mass is 9.33. The first-order valence-corrected chi connectivity index (χ1v) is 30.9. The summed E-state index contributed by atoms with van der Waals surface area (Å²) in [4.78, 5) is 20.7. The summed E-state index contributed by atoms with van der Waals surface area (Å²) in [6, 6.07) is 113. The van der Waals surface area contributed by atoms with Gasteiger partial charge in [-0.3, -0.25) is 0 Å². The van der Waals surface area contributed by atoms with Gasteiger partial charge in [-0.25, -0.2) is 15.0 Å². The fraction of sp³-hybridized carbons (Fsp3) is 0.0241. The predicted octanol–water partition coefficient (Wildman–Crippen LogP) is 19.3. The van der Waals surface area contributed by atoms with Crippen LogP contribution < -0.4 is 26.2 Å². The summed E-state index contributed by atoms with van der Waals surface area (Å²) in [6.45, 7) is 4.29. The summed E-state index contributed by atoms with van der Waals surface area (Å²) in [5.41, 5.74) is 28.1. The van der Waals surface area contributed by atoms with Gasteiger partial charge in [-0.15, -0.1) is 0 Å². The zero-order valence-electron chi connectivity index (χ0n) is 49.7. The maximum atomic E-state index is 5.31. The lowest BCUT2D eigenvalue weighted by molar-refractivity contribution is 1.07. The highest BCUT2D eigenvalue weighted by Gasteiger charge is 2.43. The Hall–Kier alpha value is -11.7. The molecule has 0 atom stereocenters. The Kier molecular flexibility index (Phi) is 12.7. The molecule has 0 N–H and O–H groups in total. The first-order chi connectivity index (χ1) is 44.4. The van der Waals surface area contributed by atoms with Crippen molar-refractivity contribution in [3.63, 3.8) is 0 Å². The summed E-state index contributed by atoms with van der Waals surface area (Å²) >= 11 is 0. The van der Waals surface area contributed by atoms with Gasteiger partial charge in [0.2, 0.25) is 0 Å². The number of para-hydroxylation sites is 4. The van der Waals surface area contributed by atoms with Crippen molar-refractivity contribution in [3.05, 3.63) is 321 Å². The number of benzene rings is 13. The smallest absolute Gasteiger partial charge is 0.252 e. The topological polar surface area (TPSA) is 50.1 Å². The molecule has 7 heteroatoms. The number of aryl methyl sites for hydroxylation is 2. The maximum absolute atomic E-state index is 5.31. The summed E-state index contributed by atoms with van der Waals surface area (Å²) < 4.78 is 2.47. The monoisotopic (exact) mass is 1150 g/mol. The Labute approximate surface area is 524 Å². The Morgan fingerprint density at radius 2 is 0.667 bits per heavy atom. The highest BCUT2D eigenvalue weighted by molar-refractivity contribution is 7.00. The molecule has 0 aliphatic carbocycles. The van der Waals surface area contributed by atoms with Crippen molar-refractivity contribution in [1.29, 1.82) is 0 Å². The lowest BCUT2D eigenvalue weighted by Gasteiger charge is -2.44. The van der Waals surface area contributed by atoms with Gasteiger partial charge in [-0.2, -0.15) is 0 Å². The molecule has 0 unspecified atom stereocenters. The van der Waals surface area contributed by atoms with Crippen molar-refractivity contribution >= 4 is 79.0 Å². The van der Waals surface area contributed by atoms with Gasteiger partial charge in [-0.1, -0.05) is 223 Å². The van der Waals surface area contributed by atoms with Crippen LogP contribution in [0, 0.1) is 13.8 Å². The van der Waals surface area contributed by atoms with Crippen LogP contribution >= 0.6 is 0 Å². The standard InChI is InChI=1S/C83H57BN6/c1-54-34-38-56(39-35-54)61-42-45-74-69(49-61)70-50-62(57-40-36-55(2)37-41-57)43-46-75(70)90(74)73-47-44-64(83-86-81(58-20-7-3-8-21-58)85-82(87-83)59-22-9-4-10-23-59)51-68(73)63-25-19-24-60(48-63)65-52-78-80-79(53-65)89(67-28-13-6-14-29-67)77-33-18-16-31-72(77)84(80)71-30-15-17-32-76(71)88(78)66-26-11-5-12-27-66/h3-53H,1-2H3. The Bertz CT molecular complexity index is 4990. The normalized spacial score (nSPS) is 12.3. The van der Waals surface area contributed by atoms with E-state index in [1.54, 1.807) is 0 Å². The molecule has 17 rings (SSSR count). The molecule has 0 saturated heterocycles. The van der Waals surface area contributed by atoms with Crippen molar-refractivity contribution in [3.8, 4) is 84.4 Å². The quantitative estimate of drug-likeness (QED) is 0.128. The number of rotatable bonds is 10. The molecule has 13 aromatic carbocycles. The van der Waals surface area contributed by atoms with E-state index in [0.29, 0.717) is 17.5 Å². The van der Waals surface area contributed by atoms with Gasteiger partial charge in [0.1, 0.15) is 0 Å². The van der Waals surface area contributed by atoms with E-state index in [1.807, 2.05) is 36.4 Å². The molecule has 0 saturated carbocycles. The molecule has 2 aromatic heterocycles.